The highest BCUT2D eigenvalue weighted by Gasteiger charge is 2.15. The second-order valence-electron chi connectivity index (χ2n) is 7.13. The predicted molar refractivity (Wildman–Crippen MR) is 110 cm³/mol. The average Bonchev–Trinajstić information content (AvgIpc) is 3.20. The molecule has 0 unspecified atom stereocenters. The number of hydrogen-bond acceptors (Lipinski definition) is 5. The summed E-state index contributed by atoms with van der Waals surface area (Å²) >= 11 is 0. The second-order valence-corrected chi connectivity index (χ2v) is 7.13. The topological polar surface area (TPSA) is 61.4 Å². The molecule has 2 heterocycles. The number of rotatable bonds is 7. The lowest BCUT2D eigenvalue weighted by molar-refractivity contribution is 0.0787. The van der Waals surface area contributed by atoms with E-state index in [1.54, 1.807) is 11.0 Å². The summed E-state index contributed by atoms with van der Waals surface area (Å²) in [5.74, 6) is 1.16. The van der Waals surface area contributed by atoms with Crippen molar-refractivity contribution in [1.29, 1.82) is 0 Å². The van der Waals surface area contributed by atoms with Crippen LogP contribution in [-0.4, -0.2) is 47.5 Å². The number of benzene rings is 1. The minimum atomic E-state index is -0.0682. The molecule has 0 bridgehead atoms. The summed E-state index contributed by atoms with van der Waals surface area (Å²) in [4.78, 5) is 25.5. The molecule has 0 saturated carbocycles. The van der Waals surface area contributed by atoms with E-state index in [4.69, 9.17) is 0 Å². The van der Waals surface area contributed by atoms with Crippen molar-refractivity contribution in [1.82, 2.24) is 14.9 Å². The number of amides is 1. The maximum Gasteiger partial charge on any atom is 0.272 e. The molecule has 1 aliphatic rings. The fourth-order valence-corrected chi connectivity index (χ4v) is 3.31. The zero-order chi connectivity index (χ0) is 19.2. The van der Waals surface area contributed by atoms with Crippen molar-refractivity contribution in [3.8, 4) is 0 Å². The number of aromatic nitrogens is 2. The molecule has 2 aromatic rings. The first-order chi connectivity index (χ1) is 13.1. The van der Waals surface area contributed by atoms with Gasteiger partial charge in [0.2, 0.25) is 0 Å². The number of nitrogens with zero attached hydrogens (tertiary/aromatic N) is 4. The molecule has 144 valence electrons. The number of aryl methyl sites for hydroxylation is 1. The Bertz CT molecular complexity index is 769. The summed E-state index contributed by atoms with van der Waals surface area (Å²) < 4.78 is 0. The van der Waals surface area contributed by atoms with Gasteiger partial charge in [0.15, 0.2) is 0 Å². The lowest BCUT2D eigenvalue weighted by Crippen LogP contribution is -2.28. The average molecular weight is 367 g/mol. The highest BCUT2D eigenvalue weighted by molar-refractivity contribution is 5.93. The van der Waals surface area contributed by atoms with Crippen molar-refractivity contribution in [3.63, 3.8) is 0 Å². The van der Waals surface area contributed by atoms with Crippen LogP contribution in [0.25, 0.3) is 0 Å². The van der Waals surface area contributed by atoms with Crippen LogP contribution in [0.4, 0.5) is 17.2 Å². The van der Waals surface area contributed by atoms with Gasteiger partial charge in [0.05, 0.1) is 0 Å². The third-order valence-corrected chi connectivity index (χ3v) is 4.86. The maximum absolute atomic E-state index is 12.6. The molecular weight excluding hydrogens is 338 g/mol. The molecule has 6 heteroatoms. The Kier molecular flexibility index (Phi) is 6.27. The Hall–Kier alpha value is -2.63. The van der Waals surface area contributed by atoms with Crippen molar-refractivity contribution in [2.75, 3.05) is 36.9 Å². The maximum atomic E-state index is 12.6. The summed E-state index contributed by atoms with van der Waals surface area (Å²) in [6.45, 7) is 6.93. The Labute approximate surface area is 161 Å². The largest absolute Gasteiger partial charge is 0.372 e. The molecule has 1 aromatic carbocycles. The van der Waals surface area contributed by atoms with Crippen LogP contribution >= 0.6 is 0 Å². The molecule has 0 radical (unpaired) electrons. The number of hydrogen-bond donors (Lipinski definition) is 1. The highest BCUT2D eigenvalue weighted by atomic mass is 16.2. The van der Waals surface area contributed by atoms with Gasteiger partial charge in [0.25, 0.3) is 5.91 Å². The van der Waals surface area contributed by atoms with Crippen LogP contribution in [0.5, 0.6) is 0 Å². The first-order valence-corrected chi connectivity index (χ1v) is 9.80. The molecule has 1 aliphatic heterocycles. The highest BCUT2D eigenvalue weighted by Crippen LogP contribution is 2.23. The lowest BCUT2D eigenvalue weighted by atomic mass is 10.2. The van der Waals surface area contributed by atoms with Gasteiger partial charge in [0.1, 0.15) is 17.3 Å². The standard InChI is InChI=1S/C21H29N5O/c1-4-5-12-25(3)21(27)19-15-20(23-16(2)22-19)24-17-8-10-18(11-9-17)26-13-6-7-14-26/h8-11,15H,4-7,12-14H2,1-3H3,(H,22,23,24). The third-order valence-electron chi connectivity index (χ3n) is 4.86. The van der Waals surface area contributed by atoms with E-state index < -0.39 is 0 Å². The Morgan fingerprint density at radius 1 is 1.19 bits per heavy atom. The second kappa shape index (κ2) is 8.84. The SMILES string of the molecule is CCCCN(C)C(=O)c1cc(Nc2ccc(N3CCCC3)cc2)nc(C)n1. The summed E-state index contributed by atoms with van der Waals surface area (Å²) in [6, 6.07) is 10.1. The monoisotopic (exact) mass is 367 g/mol. The fraction of sp³-hybridized carbons (Fsp3) is 0.476. The number of carbonyl (C=O) groups is 1. The van der Waals surface area contributed by atoms with Gasteiger partial charge in [-0.2, -0.15) is 0 Å². The summed E-state index contributed by atoms with van der Waals surface area (Å²) in [5.41, 5.74) is 2.64. The van der Waals surface area contributed by atoms with Crippen LogP contribution in [0.1, 0.15) is 48.9 Å². The molecule has 1 aromatic heterocycles. The van der Waals surface area contributed by atoms with Crippen molar-refractivity contribution in [2.45, 2.75) is 39.5 Å². The number of anilines is 3. The van der Waals surface area contributed by atoms with Gasteiger partial charge >= 0.3 is 0 Å². The van der Waals surface area contributed by atoms with Gasteiger partial charge in [-0.05, 0) is 50.5 Å². The third kappa shape index (κ3) is 4.96. The summed E-state index contributed by atoms with van der Waals surface area (Å²) in [5, 5.41) is 3.30. The zero-order valence-corrected chi connectivity index (χ0v) is 16.5. The van der Waals surface area contributed by atoms with Gasteiger partial charge in [-0.1, -0.05) is 13.3 Å². The molecular formula is C21H29N5O. The minimum absolute atomic E-state index is 0.0682. The van der Waals surface area contributed by atoms with Crippen molar-refractivity contribution in [2.24, 2.45) is 0 Å². The molecule has 1 saturated heterocycles. The van der Waals surface area contributed by atoms with E-state index in [1.165, 1.54) is 18.5 Å². The van der Waals surface area contributed by atoms with E-state index in [-0.39, 0.29) is 5.91 Å². The first-order valence-electron chi connectivity index (χ1n) is 9.80. The van der Waals surface area contributed by atoms with Gasteiger partial charge in [-0.15, -0.1) is 0 Å². The van der Waals surface area contributed by atoms with E-state index in [9.17, 15) is 4.79 Å². The summed E-state index contributed by atoms with van der Waals surface area (Å²) in [6.07, 6.45) is 4.58. The summed E-state index contributed by atoms with van der Waals surface area (Å²) in [7, 11) is 1.82. The molecule has 0 spiro atoms. The molecule has 27 heavy (non-hydrogen) atoms. The molecule has 6 nitrogen and oxygen atoms in total. The van der Waals surface area contributed by atoms with Gasteiger partial charge in [-0.3, -0.25) is 4.79 Å². The molecule has 1 amide bonds. The van der Waals surface area contributed by atoms with Crippen LogP contribution in [0, 0.1) is 6.92 Å². The molecule has 0 aliphatic carbocycles. The van der Waals surface area contributed by atoms with E-state index in [0.717, 1.165) is 38.2 Å². The van der Waals surface area contributed by atoms with Crippen LogP contribution < -0.4 is 10.2 Å². The minimum Gasteiger partial charge on any atom is -0.372 e. The van der Waals surface area contributed by atoms with Crippen LogP contribution in [0.3, 0.4) is 0 Å². The van der Waals surface area contributed by atoms with Gasteiger partial charge in [0, 0.05) is 44.1 Å². The number of carbonyl (C=O) groups excluding carboxylic acids is 1. The first kappa shape index (κ1) is 19.1. The van der Waals surface area contributed by atoms with E-state index in [0.29, 0.717) is 17.3 Å². The fourth-order valence-electron chi connectivity index (χ4n) is 3.31. The molecule has 1 N–H and O–H groups in total. The van der Waals surface area contributed by atoms with Crippen LogP contribution in [-0.2, 0) is 0 Å². The van der Waals surface area contributed by atoms with E-state index in [1.807, 2.05) is 14.0 Å². The van der Waals surface area contributed by atoms with Crippen molar-refractivity contribution >= 4 is 23.1 Å². The Balaban J connectivity index is 1.71. The van der Waals surface area contributed by atoms with Gasteiger partial charge < -0.3 is 15.1 Å². The van der Waals surface area contributed by atoms with Crippen molar-refractivity contribution < 1.29 is 4.79 Å². The quantitative estimate of drug-likeness (QED) is 0.801. The van der Waals surface area contributed by atoms with E-state index >= 15 is 0 Å². The zero-order valence-electron chi connectivity index (χ0n) is 16.5. The number of nitrogens with one attached hydrogen (secondary N) is 1. The van der Waals surface area contributed by atoms with Crippen LogP contribution in [0.15, 0.2) is 30.3 Å². The Morgan fingerprint density at radius 2 is 1.89 bits per heavy atom. The van der Waals surface area contributed by atoms with Crippen LogP contribution in [0.2, 0.25) is 0 Å². The van der Waals surface area contributed by atoms with E-state index in [2.05, 4.69) is 51.4 Å². The van der Waals surface area contributed by atoms with Crippen molar-refractivity contribution in [3.05, 3.63) is 41.9 Å². The molecule has 1 fully saturated rings. The predicted octanol–water partition coefficient (Wildman–Crippen LogP) is 4.00. The smallest absolute Gasteiger partial charge is 0.272 e. The molecule has 3 rings (SSSR count). The van der Waals surface area contributed by atoms with Gasteiger partial charge in [-0.25, -0.2) is 9.97 Å². The number of unbranched alkanes of at least 4 members (excludes halogenated alkanes) is 1. The normalized spacial score (nSPS) is 13.7. The lowest BCUT2D eigenvalue weighted by Gasteiger charge is -2.18. The molecule has 0 atom stereocenters. The Morgan fingerprint density at radius 3 is 2.56 bits per heavy atom.